The average Bonchev–Trinajstić information content (AvgIpc) is 2.70. The molecular formula is C20H34IN5O2. The van der Waals surface area contributed by atoms with Crippen molar-refractivity contribution in [3.63, 3.8) is 0 Å². The van der Waals surface area contributed by atoms with Gasteiger partial charge in [-0.25, -0.2) is 0 Å². The van der Waals surface area contributed by atoms with Gasteiger partial charge in [0.1, 0.15) is 0 Å². The first-order chi connectivity index (χ1) is 13.1. The highest BCUT2D eigenvalue weighted by Gasteiger charge is 2.09. The van der Waals surface area contributed by atoms with E-state index < -0.39 is 0 Å². The Morgan fingerprint density at radius 1 is 1.14 bits per heavy atom. The Balaban J connectivity index is 0.00000392. The number of ether oxygens (including phenoxy) is 1. The molecule has 1 aliphatic rings. The summed E-state index contributed by atoms with van der Waals surface area (Å²) in [4.78, 5) is 20.2. The van der Waals surface area contributed by atoms with Crippen LogP contribution in [0.25, 0.3) is 0 Å². The van der Waals surface area contributed by atoms with Crippen molar-refractivity contribution >= 4 is 35.8 Å². The highest BCUT2D eigenvalue weighted by molar-refractivity contribution is 14.0. The van der Waals surface area contributed by atoms with Gasteiger partial charge in [0.2, 0.25) is 0 Å². The Morgan fingerprint density at radius 3 is 2.43 bits per heavy atom. The van der Waals surface area contributed by atoms with Crippen LogP contribution in [0.1, 0.15) is 28.8 Å². The van der Waals surface area contributed by atoms with Crippen molar-refractivity contribution in [2.75, 3.05) is 60.5 Å². The van der Waals surface area contributed by atoms with E-state index in [1.54, 1.807) is 26.0 Å². The first kappa shape index (κ1) is 24.6. The maximum Gasteiger partial charge on any atom is 0.253 e. The average molecular weight is 503 g/mol. The molecule has 1 aromatic rings. The van der Waals surface area contributed by atoms with Crippen molar-refractivity contribution in [1.82, 2.24) is 20.4 Å². The SMILES string of the molecule is CN=C(NCCCCN1CCOCC1)NCc1ccc(C(=O)N(C)C)cc1.I. The summed E-state index contributed by atoms with van der Waals surface area (Å²) in [6.45, 7) is 6.53. The zero-order valence-corrected chi connectivity index (χ0v) is 19.6. The highest BCUT2D eigenvalue weighted by atomic mass is 127. The number of benzene rings is 1. The predicted octanol–water partition coefficient (Wildman–Crippen LogP) is 1.78. The van der Waals surface area contributed by atoms with Crippen molar-refractivity contribution in [3.05, 3.63) is 35.4 Å². The van der Waals surface area contributed by atoms with Crippen LogP contribution in [-0.4, -0.2) is 82.2 Å². The molecule has 7 nitrogen and oxygen atoms in total. The fourth-order valence-corrected chi connectivity index (χ4v) is 2.92. The standard InChI is InChI=1S/C20H33N5O2.HI/c1-21-20(22-10-4-5-11-25-12-14-27-15-13-25)23-16-17-6-8-18(9-7-17)19(26)24(2)3;/h6-9H,4-5,10-16H2,1-3H3,(H2,21,22,23);1H. The minimum absolute atomic E-state index is 0. The molecule has 0 aromatic heterocycles. The van der Waals surface area contributed by atoms with E-state index >= 15 is 0 Å². The lowest BCUT2D eigenvalue weighted by Gasteiger charge is -2.26. The number of guanidine groups is 1. The van der Waals surface area contributed by atoms with E-state index in [9.17, 15) is 4.79 Å². The van der Waals surface area contributed by atoms with Crippen molar-refractivity contribution in [3.8, 4) is 0 Å². The number of carbonyl (C=O) groups is 1. The summed E-state index contributed by atoms with van der Waals surface area (Å²) in [5.74, 6) is 0.818. The molecule has 0 unspecified atom stereocenters. The molecular weight excluding hydrogens is 469 g/mol. The van der Waals surface area contributed by atoms with E-state index in [4.69, 9.17) is 4.74 Å². The fraction of sp³-hybridized carbons (Fsp3) is 0.600. The van der Waals surface area contributed by atoms with Gasteiger partial charge in [-0.1, -0.05) is 12.1 Å². The van der Waals surface area contributed by atoms with Gasteiger partial charge in [-0.2, -0.15) is 0 Å². The molecule has 0 aliphatic carbocycles. The number of amides is 1. The number of morpholine rings is 1. The van der Waals surface area contributed by atoms with E-state index in [2.05, 4.69) is 20.5 Å². The second-order valence-corrected chi connectivity index (χ2v) is 6.91. The number of halogens is 1. The molecule has 1 saturated heterocycles. The lowest BCUT2D eigenvalue weighted by Crippen LogP contribution is -2.38. The predicted molar refractivity (Wildman–Crippen MR) is 125 cm³/mol. The number of rotatable bonds is 8. The first-order valence-corrected chi connectivity index (χ1v) is 9.65. The summed E-state index contributed by atoms with van der Waals surface area (Å²) in [7, 11) is 5.30. The van der Waals surface area contributed by atoms with Crippen LogP contribution >= 0.6 is 24.0 Å². The lowest BCUT2D eigenvalue weighted by molar-refractivity contribution is 0.0372. The summed E-state index contributed by atoms with van der Waals surface area (Å²) >= 11 is 0. The maximum atomic E-state index is 11.9. The molecule has 2 rings (SSSR count). The third-order valence-corrected chi connectivity index (χ3v) is 4.59. The van der Waals surface area contributed by atoms with Crippen LogP contribution in [0, 0.1) is 0 Å². The molecule has 158 valence electrons. The zero-order valence-electron chi connectivity index (χ0n) is 17.2. The van der Waals surface area contributed by atoms with E-state index in [1.807, 2.05) is 24.3 Å². The van der Waals surface area contributed by atoms with Gasteiger partial charge in [-0.05, 0) is 37.1 Å². The van der Waals surface area contributed by atoms with Gasteiger partial charge in [0.05, 0.1) is 13.2 Å². The molecule has 1 amide bonds. The summed E-state index contributed by atoms with van der Waals surface area (Å²) in [6, 6.07) is 7.67. The third kappa shape index (κ3) is 8.74. The van der Waals surface area contributed by atoms with Crippen molar-refractivity contribution in [1.29, 1.82) is 0 Å². The fourth-order valence-electron chi connectivity index (χ4n) is 2.92. The van der Waals surface area contributed by atoms with Crippen LogP contribution in [0.15, 0.2) is 29.3 Å². The molecule has 0 radical (unpaired) electrons. The van der Waals surface area contributed by atoms with E-state index in [-0.39, 0.29) is 29.9 Å². The van der Waals surface area contributed by atoms with Crippen molar-refractivity contribution in [2.45, 2.75) is 19.4 Å². The molecule has 1 aliphatic heterocycles. The number of nitrogens with one attached hydrogen (secondary N) is 2. The van der Waals surface area contributed by atoms with E-state index in [1.165, 1.54) is 6.42 Å². The zero-order chi connectivity index (χ0) is 19.5. The molecule has 0 atom stereocenters. The normalized spacial score (nSPS) is 14.9. The molecule has 1 fully saturated rings. The van der Waals surface area contributed by atoms with Crippen LogP contribution in [0.4, 0.5) is 0 Å². The van der Waals surface area contributed by atoms with Gasteiger partial charge >= 0.3 is 0 Å². The number of nitrogens with zero attached hydrogens (tertiary/aromatic N) is 3. The summed E-state index contributed by atoms with van der Waals surface area (Å²) in [6.07, 6.45) is 2.28. The minimum atomic E-state index is 0. The van der Waals surface area contributed by atoms with Crippen molar-refractivity contribution in [2.24, 2.45) is 4.99 Å². The number of hydrogen-bond donors (Lipinski definition) is 2. The topological polar surface area (TPSA) is 69.2 Å². The first-order valence-electron chi connectivity index (χ1n) is 9.65. The van der Waals surface area contributed by atoms with Crippen LogP contribution in [-0.2, 0) is 11.3 Å². The van der Waals surface area contributed by atoms with Gasteiger partial charge in [0, 0.05) is 52.9 Å². The summed E-state index contributed by atoms with van der Waals surface area (Å²) in [5.41, 5.74) is 1.81. The van der Waals surface area contributed by atoms with Crippen LogP contribution in [0.5, 0.6) is 0 Å². The second kappa shape index (κ2) is 13.7. The highest BCUT2D eigenvalue weighted by Crippen LogP contribution is 2.06. The summed E-state index contributed by atoms with van der Waals surface area (Å²) in [5, 5.41) is 6.67. The lowest BCUT2D eigenvalue weighted by atomic mass is 10.1. The molecule has 0 spiro atoms. The Morgan fingerprint density at radius 2 is 1.82 bits per heavy atom. The number of unbranched alkanes of at least 4 members (excludes halogenated alkanes) is 1. The number of carbonyl (C=O) groups excluding carboxylic acids is 1. The minimum Gasteiger partial charge on any atom is -0.379 e. The second-order valence-electron chi connectivity index (χ2n) is 6.91. The largest absolute Gasteiger partial charge is 0.379 e. The molecule has 28 heavy (non-hydrogen) atoms. The van der Waals surface area contributed by atoms with Crippen LogP contribution < -0.4 is 10.6 Å². The van der Waals surface area contributed by atoms with Gasteiger partial charge in [0.25, 0.3) is 5.91 Å². The Hall–Kier alpha value is -1.39. The smallest absolute Gasteiger partial charge is 0.253 e. The van der Waals surface area contributed by atoms with E-state index in [0.717, 1.165) is 57.3 Å². The summed E-state index contributed by atoms with van der Waals surface area (Å²) < 4.78 is 5.37. The quantitative estimate of drug-likeness (QED) is 0.245. The van der Waals surface area contributed by atoms with Gasteiger partial charge < -0.3 is 20.3 Å². The Bertz CT molecular complexity index is 601. The molecule has 0 saturated carbocycles. The van der Waals surface area contributed by atoms with E-state index in [0.29, 0.717) is 12.1 Å². The van der Waals surface area contributed by atoms with Gasteiger partial charge in [0.15, 0.2) is 5.96 Å². The monoisotopic (exact) mass is 503 g/mol. The molecule has 0 bridgehead atoms. The Labute approximate surface area is 185 Å². The van der Waals surface area contributed by atoms with Gasteiger partial charge in [-0.15, -0.1) is 24.0 Å². The van der Waals surface area contributed by atoms with Gasteiger partial charge in [-0.3, -0.25) is 14.7 Å². The Kier molecular flexibility index (Phi) is 12.1. The number of aliphatic imine (C=N–C) groups is 1. The third-order valence-electron chi connectivity index (χ3n) is 4.59. The molecule has 2 N–H and O–H groups in total. The molecule has 8 heteroatoms. The van der Waals surface area contributed by atoms with Crippen LogP contribution in [0.2, 0.25) is 0 Å². The van der Waals surface area contributed by atoms with Crippen molar-refractivity contribution < 1.29 is 9.53 Å². The molecule has 1 aromatic carbocycles. The molecule has 1 heterocycles. The number of hydrogen-bond acceptors (Lipinski definition) is 4. The van der Waals surface area contributed by atoms with Crippen LogP contribution in [0.3, 0.4) is 0 Å². The maximum absolute atomic E-state index is 11.9.